The van der Waals surface area contributed by atoms with Crippen LogP contribution in [-0.4, -0.2) is 23.2 Å². The van der Waals surface area contributed by atoms with Crippen LogP contribution >= 0.6 is 11.6 Å². The maximum atomic E-state index is 11.0. The lowest BCUT2D eigenvalue weighted by atomic mass is 9.80. The molecule has 18 heavy (non-hydrogen) atoms. The third kappa shape index (κ3) is 2.32. The Kier molecular flexibility index (Phi) is 3.28. The Labute approximate surface area is 112 Å². The zero-order valence-corrected chi connectivity index (χ0v) is 11.7. The zero-order chi connectivity index (χ0) is 13.5. The van der Waals surface area contributed by atoms with Gasteiger partial charge in [-0.1, -0.05) is 18.5 Å². The number of carboxylic acid groups (broad SMARTS) is 1. The van der Waals surface area contributed by atoms with E-state index in [9.17, 15) is 4.79 Å². The summed E-state index contributed by atoms with van der Waals surface area (Å²) in [7, 11) is 0. The van der Waals surface area contributed by atoms with Crippen molar-refractivity contribution in [3.05, 3.63) is 28.8 Å². The molecule has 1 unspecified atom stereocenters. The van der Waals surface area contributed by atoms with E-state index in [1.807, 2.05) is 23.1 Å². The molecule has 4 heteroatoms. The van der Waals surface area contributed by atoms with Gasteiger partial charge >= 0.3 is 5.97 Å². The lowest BCUT2D eigenvalue weighted by molar-refractivity contribution is -0.135. The molecule has 98 valence electrons. The number of benzene rings is 1. The van der Waals surface area contributed by atoms with Gasteiger partial charge < -0.3 is 10.0 Å². The molecule has 0 bridgehead atoms. The van der Waals surface area contributed by atoms with Crippen molar-refractivity contribution < 1.29 is 9.90 Å². The number of carboxylic acids is 1. The Hall–Kier alpha value is -1.22. The van der Waals surface area contributed by atoms with Crippen molar-refractivity contribution in [2.75, 3.05) is 11.4 Å². The van der Waals surface area contributed by atoms with Crippen LogP contribution < -0.4 is 4.90 Å². The molecule has 0 radical (unpaired) electrons. The van der Waals surface area contributed by atoms with Gasteiger partial charge in [0.1, 0.15) is 6.54 Å². The molecule has 1 aromatic carbocycles. The van der Waals surface area contributed by atoms with Crippen molar-refractivity contribution in [3.63, 3.8) is 0 Å². The second-order valence-corrected chi connectivity index (χ2v) is 6.04. The maximum Gasteiger partial charge on any atom is 0.323 e. The van der Waals surface area contributed by atoms with E-state index in [0.717, 1.165) is 17.7 Å². The van der Waals surface area contributed by atoms with Crippen LogP contribution in [0.15, 0.2) is 18.2 Å². The fourth-order valence-corrected chi connectivity index (χ4v) is 3.08. The van der Waals surface area contributed by atoms with E-state index in [4.69, 9.17) is 16.7 Å². The summed E-state index contributed by atoms with van der Waals surface area (Å²) < 4.78 is 0. The molecule has 0 spiro atoms. The zero-order valence-electron chi connectivity index (χ0n) is 10.9. The van der Waals surface area contributed by atoms with Crippen molar-refractivity contribution in [2.24, 2.45) is 0 Å². The van der Waals surface area contributed by atoms with Crippen LogP contribution in [0.2, 0.25) is 5.02 Å². The molecule has 1 aliphatic rings. The quantitative estimate of drug-likeness (QED) is 0.891. The van der Waals surface area contributed by atoms with Gasteiger partial charge in [0.05, 0.1) is 0 Å². The van der Waals surface area contributed by atoms with E-state index >= 15 is 0 Å². The van der Waals surface area contributed by atoms with Gasteiger partial charge in [0.25, 0.3) is 0 Å². The summed E-state index contributed by atoms with van der Waals surface area (Å²) in [5.74, 6) is -0.419. The highest BCUT2D eigenvalue weighted by molar-refractivity contribution is 6.30. The molecule has 0 fully saturated rings. The Bertz CT molecular complexity index is 485. The normalized spacial score (nSPS) is 21.6. The number of fused-ring (bicyclic) bond motifs is 1. The SMILES string of the molecule is CC1CC(C)(C)N(CC(=O)O)c2ccc(Cl)cc21. The standard InChI is InChI=1S/C14H18ClNO2/c1-9-7-14(2,3)16(8-13(17)18)12-5-4-10(15)6-11(9)12/h4-6,9H,7-8H2,1-3H3,(H,17,18). The van der Waals surface area contributed by atoms with E-state index in [1.54, 1.807) is 0 Å². The van der Waals surface area contributed by atoms with Crippen molar-refractivity contribution in [3.8, 4) is 0 Å². The van der Waals surface area contributed by atoms with Gasteiger partial charge in [-0.2, -0.15) is 0 Å². The number of anilines is 1. The molecule has 1 heterocycles. The fourth-order valence-electron chi connectivity index (χ4n) is 2.90. The second kappa shape index (κ2) is 4.47. The molecule has 1 atom stereocenters. The lowest BCUT2D eigenvalue weighted by Crippen LogP contribution is -2.50. The summed E-state index contributed by atoms with van der Waals surface area (Å²) in [6.45, 7) is 6.36. The van der Waals surface area contributed by atoms with E-state index in [-0.39, 0.29) is 12.1 Å². The first-order valence-electron chi connectivity index (χ1n) is 6.10. The van der Waals surface area contributed by atoms with Gasteiger partial charge in [-0.15, -0.1) is 0 Å². The maximum absolute atomic E-state index is 11.0. The molecule has 2 rings (SSSR count). The molecule has 0 aromatic heterocycles. The Morgan fingerprint density at radius 2 is 2.22 bits per heavy atom. The van der Waals surface area contributed by atoms with Crippen LogP contribution in [0, 0.1) is 0 Å². The molecule has 0 aliphatic carbocycles. The third-order valence-corrected chi connectivity index (χ3v) is 3.88. The smallest absolute Gasteiger partial charge is 0.323 e. The second-order valence-electron chi connectivity index (χ2n) is 5.60. The van der Waals surface area contributed by atoms with Crippen LogP contribution in [0.25, 0.3) is 0 Å². The minimum atomic E-state index is -0.807. The van der Waals surface area contributed by atoms with Gasteiger partial charge in [-0.25, -0.2) is 0 Å². The van der Waals surface area contributed by atoms with Crippen molar-refractivity contribution in [1.29, 1.82) is 0 Å². The summed E-state index contributed by atoms with van der Waals surface area (Å²) >= 11 is 6.03. The average molecular weight is 268 g/mol. The Balaban J connectivity index is 2.51. The van der Waals surface area contributed by atoms with E-state index in [2.05, 4.69) is 20.8 Å². The average Bonchev–Trinajstić information content (AvgIpc) is 2.23. The first-order chi connectivity index (χ1) is 8.31. The highest BCUT2D eigenvalue weighted by atomic mass is 35.5. The van der Waals surface area contributed by atoms with Gasteiger partial charge in [-0.3, -0.25) is 4.79 Å². The monoisotopic (exact) mass is 267 g/mol. The number of hydrogen-bond acceptors (Lipinski definition) is 2. The predicted octanol–water partition coefficient (Wildman–Crippen LogP) is 3.52. The highest BCUT2D eigenvalue weighted by Gasteiger charge is 2.37. The van der Waals surface area contributed by atoms with E-state index in [0.29, 0.717) is 10.9 Å². The molecule has 0 amide bonds. The fraction of sp³-hybridized carbons (Fsp3) is 0.500. The van der Waals surface area contributed by atoms with Gasteiger partial charge in [0.2, 0.25) is 0 Å². The molecule has 0 saturated carbocycles. The van der Waals surface area contributed by atoms with Crippen LogP contribution in [-0.2, 0) is 4.79 Å². The lowest BCUT2D eigenvalue weighted by Gasteiger charge is -2.46. The number of hydrogen-bond donors (Lipinski definition) is 1. The van der Waals surface area contributed by atoms with Crippen LogP contribution in [0.3, 0.4) is 0 Å². The summed E-state index contributed by atoms with van der Waals surface area (Å²) in [5.41, 5.74) is 1.98. The molecule has 3 nitrogen and oxygen atoms in total. The highest BCUT2D eigenvalue weighted by Crippen LogP contribution is 2.43. The first-order valence-corrected chi connectivity index (χ1v) is 6.48. The number of aliphatic carboxylic acids is 1. The van der Waals surface area contributed by atoms with Crippen LogP contribution in [0.4, 0.5) is 5.69 Å². The number of rotatable bonds is 2. The van der Waals surface area contributed by atoms with Crippen molar-refractivity contribution >= 4 is 23.3 Å². The summed E-state index contributed by atoms with van der Waals surface area (Å²) in [6, 6.07) is 5.70. The molecule has 0 saturated heterocycles. The predicted molar refractivity (Wildman–Crippen MR) is 73.5 cm³/mol. The minimum Gasteiger partial charge on any atom is -0.480 e. The topological polar surface area (TPSA) is 40.5 Å². The van der Waals surface area contributed by atoms with E-state index < -0.39 is 5.97 Å². The summed E-state index contributed by atoms with van der Waals surface area (Å²) in [5, 5.41) is 9.78. The first kappa shape index (κ1) is 13.2. The largest absolute Gasteiger partial charge is 0.480 e. The summed E-state index contributed by atoms with van der Waals surface area (Å²) in [4.78, 5) is 13.0. The van der Waals surface area contributed by atoms with Gasteiger partial charge in [-0.05, 0) is 49.9 Å². The van der Waals surface area contributed by atoms with Gasteiger partial charge in [0.15, 0.2) is 0 Å². The number of carbonyl (C=O) groups is 1. The minimum absolute atomic E-state index is 0.0222. The third-order valence-electron chi connectivity index (χ3n) is 3.64. The van der Waals surface area contributed by atoms with Crippen molar-refractivity contribution in [2.45, 2.75) is 38.6 Å². The summed E-state index contributed by atoms with van der Waals surface area (Å²) in [6.07, 6.45) is 0.924. The van der Waals surface area contributed by atoms with Crippen LogP contribution in [0.1, 0.15) is 38.7 Å². The number of halogens is 1. The van der Waals surface area contributed by atoms with Crippen molar-refractivity contribution in [1.82, 2.24) is 0 Å². The Morgan fingerprint density at radius 3 is 2.83 bits per heavy atom. The molecule has 1 aromatic rings. The molecule has 1 N–H and O–H groups in total. The molecular formula is C14H18ClNO2. The number of nitrogens with zero attached hydrogens (tertiary/aromatic N) is 1. The van der Waals surface area contributed by atoms with E-state index in [1.165, 1.54) is 0 Å². The Morgan fingerprint density at radius 1 is 1.56 bits per heavy atom. The van der Waals surface area contributed by atoms with Gasteiger partial charge in [0, 0.05) is 16.2 Å². The van der Waals surface area contributed by atoms with Crippen LogP contribution in [0.5, 0.6) is 0 Å². The molecule has 1 aliphatic heterocycles. The molecular weight excluding hydrogens is 250 g/mol.